The molecule has 1 unspecified atom stereocenters. The number of benzene rings is 1. The summed E-state index contributed by atoms with van der Waals surface area (Å²) in [4.78, 5) is 2.35. The molecule has 2 rings (SSSR count). The summed E-state index contributed by atoms with van der Waals surface area (Å²) in [6.07, 6.45) is 4.05. The third kappa shape index (κ3) is 3.02. The Labute approximate surface area is 109 Å². The number of rotatable bonds is 6. The lowest BCUT2D eigenvalue weighted by Crippen LogP contribution is -2.26. The average molecular weight is 243 g/mol. The van der Waals surface area contributed by atoms with Crippen molar-refractivity contribution in [2.45, 2.75) is 44.7 Å². The SMILES string of the molecule is CCC(N)c1ccc(N(CCC#N)C2CC2)cc1. The van der Waals surface area contributed by atoms with Crippen molar-refractivity contribution in [1.29, 1.82) is 5.26 Å². The number of hydrogen-bond donors (Lipinski definition) is 1. The Hall–Kier alpha value is -1.53. The van der Waals surface area contributed by atoms with Gasteiger partial charge in [-0.3, -0.25) is 0 Å². The summed E-state index contributed by atoms with van der Waals surface area (Å²) in [7, 11) is 0. The van der Waals surface area contributed by atoms with Gasteiger partial charge >= 0.3 is 0 Å². The van der Waals surface area contributed by atoms with Crippen molar-refractivity contribution in [3.8, 4) is 6.07 Å². The smallest absolute Gasteiger partial charge is 0.0640 e. The summed E-state index contributed by atoms with van der Waals surface area (Å²) in [6.45, 7) is 2.93. The number of nitriles is 1. The van der Waals surface area contributed by atoms with Gasteiger partial charge in [0.2, 0.25) is 0 Å². The Bertz CT molecular complexity index is 414. The molecule has 0 aromatic heterocycles. The van der Waals surface area contributed by atoms with Crippen molar-refractivity contribution in [3.05, 3.63) is 29.8 Å². The van der Waals surface area contributed by atoms with Crippen LogP contribution >= 0.6 is 0 Å². The zero-order valence-electron chi connectivity index (χ0n) is 11.0. The van der Waals surface area contributed by atoms with E-state index in [1.807, 2.05) is 0 Å². The van der Waals surface area contributed by atoms with E-state index < -0.39 is 0 Å². The van der Waals surface area contributed by atoms with Crippen LogP contribution in [0.3, 0.4) is 0 Å². The maximum Gasteiger partial charge on any atom is 0.0640 e. The van der Waals surface area contributed by atoms with Crippen molar-refractivity contribution in [3.63, 3.8) is 0 Å². The van der Waals surface area contributed by atoms with Crippen LogP contribution in [0.4, 0.5) is 5.69 Å². The van der Waals surface area contributed by atoms with Gasteiger partial charge in [0.15, 0.2) is 0 Å². The molecule has 0 heterocycles. The molecule has 96 valence electrons. The largest absolute Gasteiger partial charge is 0.368 e. The second-order valence-electron chi connectivity index (χ2n) is 4.94. The van der Waals surface area contributed by atoms with Crippen LogP contribution in [-0.2, 0) is 0 Å². The molecular weight excluding hydrogens is 222 g/mol. The van der Waals surface area contributed by atoms with E-state index in [-0.39, 0.29) is 6.04 Å². The summed E-state index contributed by atoms with van der Waals surface area (Å²) in [6, 6.07) is 11.5. The van der Waals surface area contributed by atoms with Gasteiger partial charge in [-0.05, 0) is 37.0 Å². The molecule has 1 atom stereocenters. The molecule has 0 bridgehead atoms. The van der Waals surface area contributed by atoms with Crippen molar-refractivity contribution in [2.24, 2.45) is 5.73 Å². The fourth-order valence-corrected chi connectivity index (χ4v) is 2.23. The lowest BCUT2D eigenvalue weighted by molar-refractivity contribution is 0.698. The number of nitrogens with zero attached hydrogens (tertiary/aromatic N) is 2. The Balaban J connectivity index is 2.08. The second-order valence-corrected chi connectivity index (χ2v) is 4.94. The highest BCUT2D eigenvalue weighted by atomic mass is 15.2. The van der Waals surface area contributed by atoms with Crippen LogP contribution < -0.4 is 10.6 Å². The molecule has 1 fully saturated rings. The van der Waals surface area contributed by atoms with Gasteiger partial charge < -0.3 is 10.6 Å². The van der Waals surface area contributed by atoms with Crippen LogP contribution in [0.2, 0.25) is 0 Å². The molecule has 3 nitrogen and oxygen atoms in total. The third-order valence-electron chi connectivity index (χ3n) is 3.54. The minimum absolute atomic E-state index is 0.132. The van der Waals surface area contributed by atoms with Gasteiger partial charge in [0.1, 0.15) is 0 Å². The van der Waals surface area contributed by atoms with E-state index in [2.05, 4.69) is 42.2 Å². The minimum atomic E-state index is 0.132. The van der Waals surface area contributed by atoms with Gasteiger partial charge in [-0.25, -0.2) is 0 Å². The monoisotopic (exact) mass is 243 g/mol. The van der Waals surface area contributed by atoms with E-state index >= 15 is 0 Å². The molecule has 3 heteroatoms. The fraction of sp³-hybridized carbons (Fsp3) is 0.533. The van der Waals surface area contributed by atoms with E-state index in [4.69, 9.17) is 11.0 Å². The highest BCUT2D eigenvalue weighted by Crippen LogP contribution is 2.32. The van der Waals surface area contributed by atoms with Gasteiger partial charge in [0.05, 0.1) is 12.5 Å². The first-order chi connectivity index (χ1) is 8.76. The van der Waals surface area contributed by atoms with E-state index in [0.717, 1.165) is 13.0 Å². The van der Waals surface area contributed by atoms with Crippen LogP contribution in [0.25, 0.3) is 0 Å². The summed E-state index contributed by atoms with van der Waals surface area (Å²) in [5.74, 6) is 0. The Morgan fingerprint density at radius 2 is 2.06 bits per heavy atom. The highest BCUT2D eigenvalue weighted by Gasteiger charge is 2.28. The quantitative estimate of drug-likeness (QED) is 0.835. The minimum Gasteiger partial charge on any atom is -0.368 e. The van der Waals surface area contributed by atoms with Gasteiger partial charge in [-0.15, -0.1) is 0 Å². The molecule has 18 heavy (non-hydrogen) atoms. The molecule has 0 amide bonds. The molecule has 0 spiro atoms. The van der Waals surface area contributed by atoms with Gasteiger partial charge in [-0.2, -0.15) is 5.26 Å². The van der Waals surface area contributed by atoms with Crippen molar-refractivity contribution in [1.82, 2.24) is 0 Å². The topological polar surface area (TPSA) is 53.0 Å². The van der Waals surface area contributed by atoms with Gasteiger partial charge in [0, 0.05) is 24.3 Å². The molecule has 1 aliphatic rings. The number of hydrogen-bond acceptors (Lipinski definition) is 3. The first-order valence-electron chi connectivity index (χ1n) is 6.75. The van der Waals surface area contributed by atoms with Gasteiger partial charge in [0.25, 0.3) is 0 Å². The predicted molar refractivity (Wildman–Crippen MR) is 74.3 cm³/mol. The average Bonchev–Trinajstić information content (AvgIpc) is 3.24. The molecule has 1 aromatic rings. The van der Waals surface area contributed by atoms with Crippen LogP contribution in [-0.4, -0.2) is 12.6 Å². The standard InChI is InChI=1S/C15H21N3/c1-2-15(17)12-4-6-13(7-5-12)18(11-3-10-16)14-8-9-14/h4-7,14-15H,2-3,8-9,11,17H2,1H3. The van der Waals surface area contributed by atoms with E-state index in [9.17, 15) is 0 Å². The van der Waals surface area contributed by atoms with E-state index in [1.54, 1.807) is 0 Å². The molecule has 0 aliphatic heterocycles. The Kier molecular flexibility index (Phi) is 4.22. The first kappa shape index (κ1) is 12.9. The molecule has 1 aliphatic carbocycles. The Morgan fingerprint density at radius 1 is 1.39 bits per heavy atom. The summed E-state index contributed by atoms with van der Waals surface area (Å²) in [5.41, 5.74) is 8.43. The fourth-order valence-electron chi connectivity index (χ4n) is 2.23. The maximum atomic E-state index is 8.72. The molecule has 2 N–H and O–H groups in total. The van der Waals surface area contributed by atoms with Gasteiger partial charge in [-0.1, -0.05) is 19.1 Å². The van der Waals surface area contributed by atoms with E-state index in [0.29, 0.717) is 12.5 Å². The summed E-state index contributed by atoms with van der Waals surface area (Å²) < 4.78 is 0. The van der Waals surface area contributed by atoms with E-state index in [1.165, 1.54) is 24.1 Å². The van der Waals surface area contributed by atoms with Crippen molar-refractivity contribution < 1.29 is 0 Å². The molecule has 0 saturated heterocycles. The lowest BCUT2D eigenvalue weighted by atomic mass is 10.0. The maximum absolute atomic E-state index is 8.72. The number of anilines is 1. The van der Waals surface area contributed by atoms with Crippen LogP contribution in [0, 0.1) is 11.3 Å². The summed E-state index contributed by atoms with van der Waals surface area (Å²) >= 11 is 0. The second kappa shape index (κ2) is 5.88. The first-order valence-corrected chi connectivity index (χ1v) is 6.75. The van der Waals surface area contributed by atoms with Crippen molar-refractivity contribution >= 4 is 5.69 Å². The predicted octanol–water partition coefficient (Wildman–Crippen LogP) is 2.98. The van der Waals surface area contributed by atoms with Crippen LogP contribution in [0.15, 0.2) is 24.3 Å². The molecular formula is C15H21N3. The Morgan fingerprint density at radius 3 is 2.56 bits per heavy atom. The molecule has 1 aromatic carbocycles. The van der Waals surface area contributed by atoms with Crippen LogP contribution in [0.5, 0.6) is 0 Å². The summed E-state index contributed by atoms with van der Waals surface area (Å²) in [5, 5.41) is 8.72. The number of nitrogens with two attached hydrogens (primary N) is 1. The highest BCUT2D eigenvalue weighted by molar-refractivity contribution is 5.50. The lowest BCUT2D eigenvalue weighted by Gasteiger charge is -2.24. The zero-order valence-corrected chi connectivity index (χ0v) is 11.0. The van der Waals surface area contributed by atoms with Crippen molar-refractivity contribution in [2.75, 3.05) is 11.4 Å². The zero-order chi connectivity index (χ0) is 13.0. The third-order valence-corrected chi connectivity index (χ3v) is 3.54. The molecule has 0 radical (unpaired) electrons. The normalized spacial score (nSPS) is 16.1. The van der Waals surface area contributed by atoms with Crippen LogP contribution in [0.1, 0.15) is 44.2 Å². The molecule has 1 saturated carbocycles.